The number of aromatic amines is 1. The van der Waals surface area contributed by atoms with E-state index in [2.05, 4.69) is 4.98 Å². The first-order chi connectivity index (χ1) is 9.63. The van der Waals surface area contributed by atoms with Crippen LogP contribution in [-0.2, 0) is 6.61 Å². The summed E-state index contributed by atoms with van der Waals surface area (Å²) >= 11 is 0. The topological polar surface area (TPSA) is 96.5 Å². The maximum absolute atomic E-state index is 11.9. The summed E-state index contributed by atoms with van der Waals surface area (Å²) in [4.78, 5) is 36.0. The molecule has 0 aliphatic heterocycles. The van der Waals surface area contributed by atoms with E-state index in [1.165, 1.54) is 0 Å². The highest BCUT2D eigenvalue weighted by Gasteiger charge is 2.18. The van der Waals surface area contributed by atoms with Crippen LogP contribution in [-0.4, -0.2) is 22.3 Å². The normalized spacial score (nSPS) is 10.0. The molecular weight excluding hydrogens is 262 g/mol. The van der Waals surface area contributed by atoms with Gasteiger partial charge in [0.15, 0.2) is 17.7 Å². The molecule has 0 aliphatic carbocycles. The number of carboxylic acid groups (broad SMARTS) is 1. The van der Waals surface area contributed by atoms with Crippen LogP contribution in [0.15, 0.2) is 41.3 Å². The molecule has 0 unspecified atom stereocenters. The van der Waals surface area contributed by atoms with Gasteiger partial charge in [-0.15, -0.1) is 0 Å². The van der Waals surface area contributed by atoms with Gasteiger partial charge in [0.05, 0.1) is 5.56 Å². The molecule has 20 heavy (non-hydrogen) atoms. The van der Waals surface area contributed by atoms with Crippen molar-refractivity contribution in [1.29, 1.82) is 0 Å². The van der Waals surface area contributed by atoms with Gasteiger partial charge in [-0.05, 0) is 5.56 Å². The molecule has 2 aromatic rings. The number of carboxylic acids is 1. The van der Waals surface area contributed by atoms with Crippen molar-refractivity contribution in [3.05, 3.63) is 63.6 Å². The van der Waals surface area contributed by atoms with Crippen LogP contribution in [0.2, 0.25) is 0 Å². The van der Waals surface area contributed by atoms with Crippen LogP contribution < -0.4 is 10.2 Å². The molecule has 1 aromatic carbocycles. The lowest BCUT2D eigenvalue weighted by molar-refractivity contribution is 0.0684. The van der Waals surface area contributed by atoms with E-state index >= 15 is 0 Å². The van der Waals surface area contributed by atoms with E-state index < -0.39 is 11.4 Å². The first-order valence-corrected chi connectivity index (χ1v) is 5.74. The van der Waals surface area contributed by atoms with Gasteiger partial charge in [0.2, 0.25) is 5.43 Å². The van der Waals surface area contributed by atoms with Crippen LogP contribution in [0.25, 0.3) is 0 Å². The third-order valence-electron chi connectivity index (χ3n) is 2.63. The van der Waals surface area contributed by atoms with Crippen LogP contribution >= 0.6 is 0 Å². The van der Waals surface area contributed by atoms with Gasteiger partial charge < -0.3 is 14.8 Å². The van der Waals surface area contributed by atoms with Crippen LogP contribution in [0.5, 0.6) is 5.75 Å². The van der Waals surface area contributed by atoms with Crippen LogP contribution in [0.1, 0.15) is 26.4 Å². The van der Waals surface area contributed by atoms with Gasteiger partial charge in [-0.3, -0.25) is 9.59 Å². The average Bonchev–Trinajstić information content (AvgIpc) is 2.46. The molecule has 0 saturated carbocycles. The van der Waals surface area contributed by atoms with E-state index in [4.69, 9.17) is 9.84 Å². The van der Waals surface area contributed by atoms with Gasteiger partial charge in [0.25, 0.3) is 0 Å². The largest absolute Gasteiger partial charge is 0.482 e. The summed E-state index contributed by atoms with van der Waals surface area (Å²) in [5, 5.41) is 9.01. The lowest BCUT2D eigenvalue weighted by atomic mass is 10.2. The van der Waals surface area contributed by atoms with Crippen LogP contribution in [0.3, 0.4) is 0 Å². The minimum atomic E-state index is -1.33. The number of pyridine rings is 1. The van der Waals surface area contributed by atoms with Crippen LogP contribution in [0, 0.1) is 0 Å². The molecule has 0 aliphatic rings. The molecule has 0 spiro atoms. The molecule has 2 N–H and O–H groups in total. The Morgan fingerprint density at radius 3 is 2.60 bits per heavy atom. The molecule has 1 heterocycles. The number of benzene rings is 1. The number of ether oxygens (including phenoxy) is 1. The summed E-state index contributed by atoms with van der Waals surface area (Å²) in [7, 11) is 0. The fourth-order valence-corrected chi connectivity index (χ4v) is 1.64. The SMILES string of the molecule is O=Cc1c[nH]c(C(=O)O)c(OCc2ccccc2)c1=O. The Morgan fingerprint density at radius 2 is 2.00 bits per heavy atom. The smallest absolute Gasteiger partial charge is 0.356 e. The fourth-order valence-electron chi connectivity index (χ4n) is 1.64. The van der Waals surface area contributed by atoms with Crippen molar-refractivity contribution in [2.24, 2.45) is 0 Å². The predicted octanol–water partition coefficient (Wildman–Crippen LogP) is 1.46. The number of hydrogen-bond acceptors (Lipinski definition) is 4. The molecule has 0 saturated heterocycles. The summed E-state index contributed by atoms with van der Waals surface area (Å²) in [5.41, 5.74) is -0.526. The van der Waals surface area contributed by atoms with Crippen LogP contribution in [0.4, 0.5) is 0 Å². The van der Waals surface area contributed by atoms with E-state index in [0.717, 1.165) is 11.8 Å². The van der Waals surface area contributed by atoms with E-state index in [0.29, 0.717) is 6.29 Å². The molecule has 0 fully saturated rings. The lowest BCUT2D eigenvalue weighted by Gasteiger charge is -2.08. The molecular formula is C14H11NO5. The highest BCUT2D eigenvalue weighted by atomic mass is 16.5. The Labute approximate surface area is 113 Å². The van der Waals surface area contributed by atoms with Gasteiger partial charge in [0.1, 0.15) is 6.61 Å². The first-order valence-electron chi connectivity index (χ1n) is 5.74. The summed E-state index contributed by atoms with van der Waals surface area (Å²) < 4.78 is 5.27. The number of H-pyrrole nitrogens is 1. The Kier molecular flexibility index (Phi) is 3.95. The molecule has 0 amide bonds. The Bertz CT molecular complexity index is 690. The van der Waals surface area contributed by atoms with E-state index in [9.17, 15) is 14.4 Å². The van der Waals surface area contributed by atoms with E-state index in [1.807, 2.05) is 6.07 Å². The summed E-state index contributed by atoms with van der Waals surface area (Å²) in [6.07, 6.45) is 1.40. The standard InChI is InChI=1S/C14H11NO5/c16-7-10-6-15-11(14(18)19)13(12(10)17)20-8-9-4-2-1-3-5-9/h1-7H,8H2,(H,15,17)(H,18,19). The third-order valence-corrected chi connectivity index (χ3v) is 2.63. The molecule has 0 bridgehead atoms. The molecule has 0 atom stereocenters. The fraction of sp³-hybridized carbons (Fsp3) is 0.0714. The number of carbonyl (C=O) groups excluding carboxylic acids is 1. The molecule has 1 aromatic heterocycles. The molecule has 6 nitrogen and oxygen atoms in total. The van der Waals surface area contributed by atoms with E-state index in [1.54, 1.807) is 24.3 Å². The number of aromatic carboxylic acids is 1. The zero-order chi connectivity index (χ0) is 14.5. The maximum atomic E-state index is 11.9. The lowest BCUT2D eigenvalue weighted by Crippen LogP contribution is -2.18. The van der Waals surface area contributed by atoms with Gasteiger partial charge in [0, 0.05) is 6.20 Å². The third kappa shape index (κ3) is 2.74. The maximum Gasteiger partial charge on any atom is 0.356 e. The van der Waals surface area contributed by atoms with Crippen molar-refractivity contribution in [3.63, 3.8) is 0 Å². The number of hydrogen-bond donors (Lipinski definition) is 2. The van der Waals surface area contributed by atoms with Gasteiger partial charge >= 0.3 is 5.97 Å². The number of aldehydes is 1. The molecule has 2 rings (SSSR count). The summed E-state index contributed by atoms with van der Waals surface area (Å²) in [6, 6.07) is 8.97. The van der Waals surface area contributed by atoms with Gasteiger partial charge in [-0.25, -0.2) is 4.79 Å². The molecule has 6 heteroatoms. The quantitative estimate of drug-likeness (QED) is 0.804. The van der Waals surface area contributed by atoms with Crippen molar-refractivity contribution in [3.8, 4) is 5.75 Å². The Hall–Kier alpha value is -2.89. The number of rotatable bonds is 5. The van der Waals surface area contributed by atoms with E-state index in [-0.39, 0.29) is 23.6 Å². The minimum Gasteiger partial charge on any atom is -0.482 e. The zero-order valence-corrected chi connectivity index (χ0v) is 10.3. The monoisotopic (exact) mass is 273 g/mol. The summed E-state index contributed by atoms with van der Waals surface area (Å²) in [5.74, 6) is -1.70. The molecule has 0 radical (unpaired) electrons. The Morgan fingerprint density at radius 1 is 1.30 bits per heavy atom. The second-order valence-corrected chi connectivity index (χ2v) is 3.97. The van der Waals surface area contributed by atoms with Crippen molar-refractivity contribution < 1.29 is 19.4 Å². The highest BCUT2D eigenvalue weighted by Crippen LogP contribution is 2.13. The second kappa shape index (κ2) is 5.83. The van der Waals surface area contributed by atoms with Crippen molar-refractivity contribution in [1.82, 2.24) is 4.98 Å². The van der Waals surface area contributed by atoms with Crippen molar-refractivity contribution >= 4 is 12.3 Å². The summed E-state index contributed by atoms with van der Waals surface area (Å²) in [6.45, 7) is 0.0342. The van der Waals surface area contributed by atoms with Crippen molar-refractivity contribution in [2.75, 3.05) is 0 Å². The average molecular weight is 273 g/mol. The highest BCUT2D eigenvalue weighted by molar-refractivity contribution is 5.89. The Balaban J connectivity index is 2.36. The number of carbonyl (C=O) groups is 2. The predicted molar refractivity (Wildman–Crippen MR) is 70.2 cm³/mol. The first kappa shape index (κ1) is 13.5. The number of aromatic nitrogens is 1. The minimum absolute atomic E-state index is 0.0342. The zero-order valence-electron chi connectivity index (χ0n) is 10.3. The van der Waals surface area contributed by atoms with Gasteiger partial charge in [-0.1, -0.05) is 30.3 Å². The van der Waals surface area contributed by atoms with Crippen molar-refractivity contribution in [2.45, 2.75) is 6.61 Å². The molecule has 102 valence electrons. The number of nitrogens with one attached hydrogen (secondary N) is 1. The second-order valence-electron chi connectivity index (χ2n) is 3.97. The van der Waals surface area contributed by atoms with Gasteiger partial charge in [-0.2, -0.15) is 0 Å².